The molecule has 3 nitrogen and oxygen atoms in total. The summed E-state index contributed by atoms with van der Waals surface area (Å²) < 4.78 is 5.82. The lowest BCUT2D eigenvalue weighted by Crippen LogP contribution is -2.35. The maximum absolute atomic E-state index is 10.3. The number of carbonyl (C=O) groups is 1. The highest BCUT2D eigenvalue weighted by molar-refractivity contribution is 7.11. The van der Waals surface area contributed by atoms with Crippen molar-refractivity contribution in [2.75, 3.05) is 0 Å². The molecule has 0 aromatic carbocycles. The molecule has 1 saturated carbocycles. The summed E-state index contributed by atoms with van der Waals surface area (Å²) in [6.45, 7) is 0. The predicted octanol–water partition coefficient (Wildman–Crippen LogP) is 2.18. The van der Waals surface area contributed by atoms with Gasteiger partial charge in [0, 0.05) is 6.04 Å². The van der Waals surface area contributed by atoms with E-state index in [9.17, 15) is 4.79 Å². The van der Waals surface area contributed by atoms with E-state index in [1.165, 1.54) is 0 Å². The topological polar surface area (TPSA) is 38.3 Å². The third-order valence-corrected chi connectivity index (χ3v) is 3.51. The van der Waals surface area contributed by atoms with E-state index in [0.717, 1.165) is 37.2 Å². The Hall–Kier alpha value is -1.03. The number of amides is 1. The van der Waals surface area contributed by atoms with E-state index >= 15 is 0 Å². The van der Waals surface area contributed by atoms with Crippen LogP contribution in [0.5, 0.6) is 5.06 Å². The molecule has 0 unspecified atom stereocenters. The van der Waals surface area contributed by atoms with Crippen LogP contribution in [0.1, 0.15) is 25.7 Å². The second-order valence-corrected chi connectivity index (χ2v) is 4.72. The van der Waals surface area contributed by atoms with Crippen molar-refractivity contribution in [2.24, 2.45) is 0 Å². The first-order valence-electron chi connectivity index (χ1n) is 5.28. The fourth-order valence-corrected chi connectivity index (χ4v) is 2.58. The molecule has 1 N–H and O–H groups in total. The van der Waals surface area contributed by atoms with Gasteiger partial charge in [-0.3, -0.25) is 4.79 Å². The minimum absolute atomic E-state index is 0.327. The average molecular weight is 225 g/mol. The quantitative estimate of drug-likeness (QED) is 0.798. The van der Waals surface area contributed by atoms with Gasteiger partial charge in [-0.05, 0) is 43.2 Å². The molecule has 0 spiro atoms. The third kappa shape index (κ3) is 2.96. The van der Waals surface area contributed by atoms with Gasteiger partial charge in [0.05, 0.1) is 6.10 Å². The Morgan fingerprint density at radius 3 is 2.80 bits per heavy atom. The maximum Gasteiger partial charge on any atom is 0.207 e. The Labute approximate surface area is 93.4 Å². The molecule has 1 aliphatic rings. The summed E-state index contributed by atoms with van der Waals surface area (Å²) in [5.74, 6) is 0. The normalized spacial score (nSPS) is 25.9. The number of ether oxygens (including phenoxy) is 1. The molecule has 0 aliphatic heterocycles. The SMILES string of the molecule is O=CNC1CCC(Oc2cccs2)CC1. The van der Waals surface area contributed by atoms with Gasteiger partial charge >= 0.3 is 0 Å². The van der Waals surface area contributed by atoms with E-state index in [2.05, 4.69) is 5.32 Å². The van der Waals surface area contributed by atoms with E-state index in [0.29, 0.717) is 12.1 Å². The fourth-order valence-electron chi connectivity index (χ4n) is 1.94. The number of rotatable bonds is 4. The van der Waals surface area contributed by atoms with Crippen molar-refractivity contribution in [3.63, 3.8) is 0 Å². The van der Waals surface area contributed by atoms with Crippen LogP contribution < -0.4 is 10.1 Å². The highest BCUT2D eigenvalue weighted by Crippen LogP contribution is 2.26. The van der Waals surface area contributed by atoms with Gasteiger partial charge < -0.3 is 10.1 Å². The predicted molar refractivity (Wildman–Crippen MR) is 60.2 cm³/mol. The van der Waals surface area contributed by atoms with Crippen molar-refractivity contribution in [1.82, 2.24) is 5.32 Å². The number of nitrogens with one attached hydrogen (secondary N) is 1. The van der Waals surface area contributed by atoms with Gasteiger partial charge in [0.15, 0.2) is 5.06 Å². The Bertz CT molecular complexity index is 292. The summed E-state index contributed by atoms with van der Waals surface area (Å²) in [6, 6.07) is 4.35. The van der Waals surface area contributed by atoms with Crippen molar-refractivity contribution in [2.45, 2.75) is 37.8 Å². The first kappa shape index (κ1) is 10.5. The van der Waals surface area contributed by atoms with Crippen LogP contribution in [-0.2, 0) is 4.79 Å². The second kappa shape index (κ2) is 5.16. The molecule has 0 bridgehead atoms. The van der Waals surface area contributed by atoms with Crippen LogP contribution in [0.4, 0.5) is 0 Å². The van der Waals surface area contributed by atoms with Gasteiger partial charge in [0.25, 0.3) is 0 Å². The van der Waals surface area contributed by atoms with Gasteiger partial charge in [-0.25, -0.2) is 0 Å². The van der Waals surface area contributed by atoms with Crippen LogP contribution in [0.3, 0.4) is 0 Å². The highest BCUT2D eigenvalue weighted by atomic mass is 32.1. The summed E-state index contributed by atoms with van der Waals surface area (Å²) in [5.41, 5.74) is 0. The Balaban J connectivity index is 1.76. The molecule has 1 aliphatic carbocycles. The monoisotopic (exact) mass is 225 g/mol. The minimum Gasteiger partial charge on any atom is -0.481 e. The van der Waals surface area contributed by atoms with Gasteiger partial charge in [-0.2, -0.15) is 0 Å². The van der Waals surface area contributed by atoms with E-state index in [1.54, 1.807) is 11.3 Å². The minimum atomic E-state index is 0.327. The molecular weight excluding hydrogens is 210 g/mol. The standard InChI is InChI=1S/C11H15NO2S/c13-8-12-9-3-5-10(6-4-9)14-11-2-1-7-15-11/h1-2,7-10H,3-6H2,(H,12,13). The first-order valence-corrected chi connectivity index (χ1v) is 6.16. The number of hydrogen-bond donors (Lipinski definition) is 1. The third-order valence-electron chi connectivity index (χ3n) is 2.76. The summed E-state index contributed by atoms with van der Waals surface area (Å²) in [4.78, 5) is 10.3. The van der Waals surface area contributed by atoms with Crippen molar-refractivity contribution in [1.29, 1.82) is 0 Å². The van der Waals surface area contributed by atoms with Gasteiger partial charge in [0.2, 0.25) is 6.41 Å². The van der Waals surface area contributed by atoms with Crippen LogP contribution >= 0.6 is 11.3 Å². The second-order valence-electron chi connectivity index (χ2n) is 3.81. The largest absolute Gasteiger partial charge is 0.481 e. The molecule has 1 heterocycles. The molecule has 82 valence electrons. The zero-order chi connectivity index (χ0) is 10.5. The molecule has 15 heavy (non-hydrogen) atoms. The van der Waals surface area contributed by atoms with Crippen LogP contribution in [0.2, 0.25) is 0 Å². The van der Waals surface area contributed by atoms with Crippen molar-refractivity contribution in [3.8, 4) is 5.06 Å². The van der Waals surface area contributed by atoms with E-state index < -0.39 is 0 Å². The van der Waals surface area contributed by atoms with E-state index in [4.69, 9.17) is 4.74 Å². The van der Waals surface area contributed by atoms with Crippen molar-refractivity contribution < 1.29 is 9.53 Å². The molecule has 0 saturated heterocycles. The zero-order valence-corrected chi connectivity index (χ0v) is 9.33. The van der Waals surface area contributed by atoms with Crippen molar-refractivity contribution in [3.05, 3.63) is 17.5 Å². The Morgan fingerprint density at radius 2 is 2.20 bits per heavy atom. The molecule has 2 rings (SSSR count). The van der Waals surface area contributed by atoms with Crippen LogP contribution in [0.15, 0.2) is 17.5 Å². The number of carbonyl (C=O) groups excluding carboxylic acids is 1. The van der Waals surface area contributed by atoms with Gasteiger partial charge in [-0.1, -0.05) is 0 Å². The smallest absolute Gasteiger partial charge is 0.207 e. The molecular formula is C11H15NO2S. The summed E-state index contributed by atoms with van der Waals surface area (Å²) in [5, 5.41) is 5.85. The first-order chi connectivity index (χ1) is 7.38. The average Bonchev–Trinajstić information content (AvgIpc) is 2.74. The van der Waals surface area contributed by atoms with Gasteiger partial charge in [0.1, 0.15) is 0 Å². The summed E-state index contributed by atoms with van der Waals surface area (Å²) >= 11 is 1.63. The van der Waals surface area contributed by atoms with Crippen LogP contribution in [0.25, 0.3) is 0 Å². The molecule has 0 radical (unpaired) electrons. The van der Waals surface area contributed by atoms with Crippen molar-refractivity contribution >= 4 is 17.7 Å². The van der Waals surface area contributed by atoms with E-state index in [1.807, 2.05) is 17.5 Å². The lowest BCUT2D eigenvalue weighted by molar-refractivity contribution is -0.110. The highest BCUT2D eigenvalue weighted by Gasteiger charge is 2.21. The Morgan fingerprint density at radius 1 is 1.40 bits per heavy atom. The molecule has 1 fully saturated rings. The summed E-state index contributed by atoms with van der Waals surface area (Å²) in [7, 11) is 0. The maximum atomic E-state index is 10.3. The lowest BCUT2D eigenvalue weighted by Gasteiger charge is -2.27. The zero-order valence-electron chi connectivity index (χ0n) is 8.52. The number of thiophene rings is 1. The summed E-state index contributed by atoms with van der Waals surface area (Å²) in [6.07, 6.45) is 5.23. The molecule has 4 heteroatoms. The fraction of sp³-hybridized carbons (Fsp3) is 0.545. The molecule has 1 amide bonds. The molecule has 1 aromatic heterocycles. The van der Waals surface area contributed by atoms with E-state index in [-0.39, 0.29) is 0 Å². The van der Waals surface area contributed by atoms with Gasteiger partial charge in [-0.15, -0.1) is 11.3 Å². The molecule has 0 atom stereocenters. The van der Waals surface area contributed by atoms with Crippen LogP contribution in [0, 0.1) is 0 Å². The Kier molecular flexibility index (Phi) is 3.61. The number of hydrogen-bond acceptors (Lipinski definition) is 3. The van der Waals surface area contributed by atoms with Crippen LogP contribution in [-0.4, -0.2) is 18.6 Å². The molecule has 1 aromatic rings. The lowest BCUT2D eigenvalue weighted by atomic mass is 9.93.